The number of nitrogens with zero attached hydrogens (tertiary/aromatic N) is 2. The monoisotopic (exact) mass is 317 g/mol. The van der Waals surface area contributed by atoms with Gasteiger partial charge in [-0.15, -0.1) is 0 Å². The molecule has 0 fully saturated rings. The van der Waals surface area contributed by atoms with Gasteiger partial charge in [0, 0.05) is 22.0 Å². The Morgan fingerprint density at radius 2 is 1.86 bits per heavy atom. The van der Waals surface area contributed by atoms with Crippen LogP contribution in [0.25, 0.3) is 10.9 Å². The van der Waals surface area contributed by atoms with E-state index < -0.39 is 0 Å². The van der Waals surface area contributed by atoms with Crippen LogP contribution in [0.15, 0.2) is 48.8 Å². The summed E-state index contributed by atoms with van der Waals surface area (Å²) in [6.45, 7) is 0.738. The highest BCUT2D eigenvalue weighted by Gasteiger charge is 2.05. The Balaban J connectivity index is 1.77. The van der Waals surface area contributed by atoms with Gasteiger partial charge in [-0.2, -0.15) is 0 Å². The molecule has 3 rings (SSSR count). The highest BCUT2D eigenvalue weighted by atomic mass is 35.5. The van der Waals surface area contributed by atoms with E-state index in [2.05, 4.69) is 15.3 Å². The number of aromatic nitrogens is 2. The molecule has 0 aliphatic rings. The van der Waals surface area contributed by atoms with Gasteiger partial charge in [0.05, 0.1) is 5.52 Å². The maximum absolute atomic E-state index is 6.15. The first kappa shape index (κ1) is 14.1. The Labute approximate surface area is 132 Å². The van der Waals surface area contributed by atoms with Crippen molar-refractivity contribution in [2.75, 3.05) is 11.9 Å². The number of anilines is 1. The van der Waals surface area contributed by atoms with Gasteiger partial charge in [0.2, 0.25) is 0 Å². The van der Waals surface area contributed by atoms with E-state index in [-0.39, 0.29) is 0 Å². The zero-order chi connectivity index (χ0) is 14.7. The van der Waals surface area contributed by atoms with Crippen LogP contribution in [-0.4, -0.2) is 16.5 Å². The van der Waals surface area contributed by atoms with E-state index in [0.29, 0.717) is 5.02 Å². The Morgan fingerprint density at radius 1 is 1.00 bits per heavy atom. The van der Waals surface area contributed by atoms with Crippen molar-refractivity contribution >= 4 is 39.9 Å². The lowest BCUT2D eigenvalue weighted by Gasteiger charge is -2.09. The van der Waals surface area contributed by atoms with E-state index in [4.69, 9.17) is 23.2 Å². The predicted molar refractivity (Wildman–Crippen MR) is 88.2 cm³/mol. The molecule has 1 aromatic heterocycles. The third kappa shape index (κ3) is 3.26. The van der Waals surface area contributed by atoms with Crippen LogP contribution in [0.3, 0.4) is 0 Å². The van der Waals surface area contributed by atoms with Crippen molar-refractivity contribution in [1.29, 1.82) is 0 Å². The lowest BCUT2D eigenvalue weighted by molar-refractivity contribution is 1.01. The summed E-state index contributed by atoms with van der Waals surface area (Å²) in [6.07, 6.45) is 2.37. The van der Waals surface area contributed by atoms with E-state index in [1.807, 2.05) is 42.5 Å². The van der Waals surface area contributed by atoms with Crippen LogP contribution in [0, 0.1) is 0 Å². The van der Waals surface area contributed by atoms with Crippen LogP contribution in [-0.2, 0) is 6.42 Å². The number of hydrogen-bond donors (Lipinski definition) is 1. The first-order valence-electron chi connectivity index (χ1n) is 6.61. The maximum atomic E-state index is 6.15. The van der Waals surface area contributed by atoms with Crippen molar-refractivity contribution in [2.24, 2.45) is 0 Å². The topological polar surface area (TPSA) is 37.8 Å². The van der Waals surface area contributed by atoms with Crippen molar-refractivity contribution in [3.63, 3.8) is 0 Å². The minimum atomic E-state index is 0.673. The van der Waals surface area contributed by atoms with Crippen LogP contribution < -0.4 is 5.32 Å². The molecule has 21 heavy (non-hydrogen) atoms. The smallest absolute Gasteiger partial charge is 0.137 e. The largest absolute Gasteiger partial charge is 0.369 e. The molecule has 0 saturated carbocycles. The second-order valence-corrected chi connectivity index (χ2v) is 5.50. The third-order valence-corrected chi connectivity index (χ3v) is 3.85. The average molecular weight is 318 g/mol. The van der Waals surface area contributed by atoms with Crippen LogP contribution in [0.1, 0.15) is 5.56 Å². The van der Waals surface area contributed by atoms with Gasteiger partial charge in [0.1, 0.15) is 12.1 Å². The quantitative estimate of drug-likeness (QED) is 0.764. The summed E-state index contributed by atoms with van der Waals surface area (Å²) < 4.78 is 0. The molecule has 3 nitrogen and oxygen atoms in total. The summed E-state index contributed by atoms with van der Waals surface area (Å²) in [4.78, 5) is 8.52. The molecule has 0 unspecified atom stereocenters. The van der Waals surface area contributed by atoms with Crippen molar-refractivity contribution in [3.05, 3.63) is 64.4 Å². The minimum absolute atomic E-state index is 0.673. The highest BCUT2D eigenvalue weighted by Crippen LogP contribution is 2.23. The van der Waals surface area contributed by atoms with Gasteiger partial charge in [0.15, 0.2) is 0 Å². The average Bonchev–Trinajstić information content (AvgIpc) is 2.49. The van der Waals surface area contributed by atoms with Gasteiger partial charge in [-0.1, -0.05) is 41.4 Å². The number of benzene rings is 2. The molecular weight excluding hydrogens is 305 g/mol. The standard InChI is InChI=1S/C16H13Cl2N3/c17-12-5-6-15-13(9-12)16(21-10-20-15)19-8-7-11-3-1-2-4-14(11)18/h1-6,9-10H,7-8H2,(H,19,20,21). The number of rotatable bonds is 4. The Bertz CT molecular complexity index is 774. The Kier molecular flexibility index (Phi) is 4.23. The fraction of sp³-hybridized carbons (Fsp3) is 0.125. The van der Waals surface area contributed by atoms with Gasteiger partial charge in [0.25, 0.3) is 0 Å². The van der Waals surface area contributed by atoms with Gasteiger partial charge in [-0.05, 0) is 36.2 Å². The van der Waals surface area contributed by atoms with Crippen molar-refractivity contribution < 1.29 is 0 Å². The highest BCUT2D eigenvalue weighted by molar-refractivity contribution is 6.31. The normalized spacial score (nSPS) is 10.8. The molecule has 106 valence electrons. The molecule has 0 atom stereocenters. The van der Waals surface area contributed by atoms with Crippen molar-refractivity contribution in [3.8, 4) is 0 Å². The summed E-state index contributed by atoms with van der Waals surface area (Å²) in [6, 6.07) is 13.4. The fourth-order valence-corrected chi connectivity index (χ4v) is 2.59. The zero-order valence-corrected chi connectivity index (χ0v) is 12.7. The second-order valence-electron chi connectivity index (χ2n) is 4.65. The summed E-state index contributed by atoms with van der Waals surface area (Å²) in [5.41, 5.74) is 1.98. The summed E-state index contributed by atoms with van der Waals surface area (Å²) in [5, 5.41) is 5.70. The molecule has 0 saturated heterocycles. The van der Waals surface area contributed by atoms with Gasteiger partial charge in [-0.25, -0.2) is 9.97 Å². The third-order valence-electron chi connectivity index (χ3n) is 3.24. The van der Waals surface area contributed by atoms with Gasteiger partial charge in [-0.3, -0.25) is 0 Å². The molecular formula is C16H13Cl2N3. The lowest BCUT2D eigenvalue weighted by atomic mass is 10.1. The molecule has 5 heteroatoms. The Hall–Kier alpha value is -1.84. The molecule has 1 heterocycles. The van der Waals surface area contributed by atoms with E-state index in [1.165, 1.54) is 0 Å². The summed E-state index contributed by atoms with van der Waals surface area (Å²) in [5.74, 6) is 0.787. The second kappa shape index (κ2) is 6.29. The SMILES string of the molecule is Clc1ccc2ncnc(NCCc3ccccc3Cl)c2c1. The first-order valence-corrected chi connectivity index (χ1v) is 7.37. The number of nitrogens with one attached hydrogen (secondary N) is 1. The van der Waals surface area contributed by atoms with Gasteiger partial charge < -0.3 is 5.32 Å². The van der Waals surface area contributed by atoms with Crippen LogP contribution in [0.4, 0.5) is 5.82 Å². The zero-order valence-electron chi connectivity index (χ0n) is 11.2. The van der Waals surface area contributed by atoms with E-state index in [1.54, 1.807) is 6.33 Å². The molecule has 2 aromatic carbocycles. The molecule has 0 bridgehead atoms. The van der Waals surface area contributed by atoms with Crippen molar-refractivity contribution in [2.45, 2.75) is 6.42 Å². The van der Waals surface area contributed by atoms with E-state index in [9.17, 15) is 0 Å². The maximum Gasteiger partial charge on any atom is 0.137 e. The van der Waals surface area contributed by atoms with E-state index >= 15 is 0 Å². The fourth-order valence-electron chi connectivity index (χ4n) is 2.19. The predicted octanol–water partition coefficient (Wildman–Crippen LogP) is 4.59. The molecule has 0 radical (unpaired) electrons. The van der Waals surface area contributed by atoms with Crippen LogP contribution in [0.2, 0.25) is 10.0 Å². The molecule has 0 amide bonds. The molecule has 1 N–H and O–H groups in total. The van der Waals surface area contributed by atoms with Gasteiger partial charge >= 0.3 is 0 Å². The minimum Gasteiger partial charge on any atom is -0.369 e. The molecule has 3 aromatic rings. The number of halogens is 2. The summed E-state index contributed by atoms with van der Waals surface area (Å²) >= 11 is 12.2. The first-order chi connectivity index (χ1) is 10.2. The molecule has 0 aliphatic heterocycles. The number of fused-ring (bicyclic) bond motifs is 1. The van der Waals surface area contributed by atoms with E-state index in [0.717, 1.165) is 40.3 Å². The molecule has 0 spiro atoms. The lowest BCUT2D eigenvalue weighted by Crippen LogP contribution is -2.07. The summed E-state index contributed by atoms with van der Waals surface area (Å²) in [7, 11) is 0. The van der Waals surface area contributed by atoms with Crippen LogP contribution >= 0.6 is 23.2 Å². The number of hydrogen-bond acceptors (Lipinski definition) is 3. The van der Waals surface area contributed by atoms with Crippen LogP contribution in [0.5, 0.6) is 0 Å². The molecule has 0 aliphatic carbocycles. The van der Waals surface area contributed by atoms with Crippen molar-refractivity contribution in [1.82, 2.24) is 9.97 Å². The Morgan fingerprint density at radius 3 is 2.71 bits per heavy atom.